The Bertz CT molecular complexity index is 1330. The fraction of sp³-hybridized carbons (Fsp3) is 0.545. The van der Waals surface area contributed by atoms with Crippen LogP contribution in [0.4, 0.5) is 11.4 Å². The second-order valence-electron chi connectivity index (χ2n) is 11.9. The van der Waals surface area contributed by atoms with Gasteiger partial charge in [-0.1, -0.05) is 19.1 Å². The first-order valence-corrected chi connectivity index (χ1v) is 15.2. The average molecular weight is 578 g/mol. The monoisotopic (exact) mass is 577 g/mol. The molecule has 3 fully saturated rings. The van der Waals surface area contributed by atoms with Crippen molar-refractivity contribution in [3.05, 3.63) is 53.6 Å². The van der Waals surface area contributed by atoms with Gasteiger partial charge in [-0.3, -0.25) is 14.4 Å². The molecule has 0 saturated carbocycles. The van der Waals surface area contributed by atoms with Gasteiger partial charge in [-0.15, -0.1) is 0 Å². The van der Waals surface area contributed by atoms with Crippen molar-refractivity contribution >= 4 is 29.1 Å². The van der Waals surface area contributed by atoms with E-state index in [1.165, 1.54) is 0 Å². The lowest BCUT2D eigenvalue weighted by Gasteiger charge is -2.34. The molecule has 226 valence electrons. The first-order valence-electron chi connectivity index (χ1n) is 15.2. The first-order chi connectivity index (χ1) is 20.2. The van der Waals surface area contributed by atoms with E-state index in [1.54, 1.807) is 29.2 Å². The van der Waals surface area contributed by atoms with Gasteiger partial charge < -0.3 is 30.1 Å². The van der Waals surface area contributed by atoms with E-state index in [-0.39, 0.29) is 24.3 Å². The van der Waals surface area contributed by atoms with Crippen molar-refractivity contribution in [3.8, 4) is 5.75 Å². The zero-order valence-corrected chi connectivity index (χ0v) is 25.1. The third kappa shape index (κ3) is 5.17. The van der Waals surface area contributed by atoms with Crippen LogP contribution in [0.3, 0.4) is 0 Å². The summed E-state index contributed by atoms with van der Waals surface area (Å²) in [4.78, 5) is 44.1. The zero-order valence-electron chi connectivity index (χ0n) is 25.1. The van der Waals surface area contributed by atoms with E-state index in [0.717, 1.165) is 17.5 Å². The van der Waals surface area contributed by atoms with Crippen molar-refractivity contribution in [1.82, 2.24) is 4.90 Å². The summed E-state index contributed by atoms with van der Waals surface area (Å²) < 4.78 is 12.4. The number of amides is 3. The highest BCUT2D eigenvalue weighted by Gasteiger charge is 2.78. The van der Waals surface area contributed by atoms with Gasteiger partial charge in [0, 0.05) is 24.5 Å². The maximum absolute atomic E-state index is 14.3. The number of ether oxygens (including phenoxy) is 2. The Labute approximate surface area is 248 Å². The van der Waals surface area contributed by atoms with Crippen LogP contribution in [-0.2, 0) is 19.1 Å². The van der Waals surface area contributed by atoms with Crippen LogP contribution in [0.15, 0.2) is 42.5 Å². The van der Waals surface area contributed by atoms with Crippen LogP contribution in [0.25, 0.3) is 0 Å². The summed E-state index contributed by atoms with van der Waals surface area (Å²) in [6.45, 7) is 8.79. The smallest absolute Gasteiger partial charge is 0.250 e. The number of anilines is 2. The van der Waals surface area contributed by atoms with E-state index in [2.05, 4.69) is 10.6 Å². The van der Waals surface area contributed by atoms with Crippen LogP contribution in [0.2, 0.25) is 0 Å². The van der Waals surface area contributed by atoms with Crippen LogP contribution in [0.5, 0.6) is 5.75 Å². The molecule has 1 spiro atoms. The number of rotatable bonds is 12. The van der Waals surface area contributed by atoms with E-state index in [1.807, 2.05) is 45.9 Å². The summed E-state index contributed by atoms with van der Waals surface area (Å²) in [7, 11) is 0. The van der Waals surface area contributed by atoms with Gasteiger partial charge in [0.05, 0.1) is 24.0 Å². The first kappa shape index (κ1) is 30.0. The number of carbonyl (C=O) groups is 3. The molecular formula is C33H43N3O6. The van der Waals surface area contributed by atoms with Crippen LogP contribution in [0.1, 0.15) is 63.5 Å². The standard InChI is InChI=1S/C33H43N3O6/c1-5-32-16-17-33(42-32)27(26(32)29(38)34-23-12-14-24(15-13-23)41-6-2)31(40)36(18-8-7-9-19-37)28(33)30(39)35-25-20-21(3)10-11-22(25)4/h10-15,20,26-28,37H,5-9,16-19H2,1-4H3,(H,34,38)(H,35,39)/t26-,27-,28?,32+,33?/m0/s1. The molecule has 9 heteroatoms. The Morgan fingerprint density at radius 1 is 1.02 bits per heavy atom. The predicted molar refractivity (Wildman–Crippen MR) is 160 cm³/mol. The van der Waals surface area contributed by atoms with E-state index in [4.69, 9.17) is 9.47 Å². The molecule has 42 heavy (non-hydrogen) atoms. The number of carbonyl (C=O) groups excluding carboxylic acids is 3. The summed E-state index contributed by atoms with van der Waals surface area (Å²) in [5.74, 6) is -1.54. The molecular weight excluding hydrogens is 534 g/mol. The van der Waals surface area contributed by atoms with Crippen LogP contribution in [-0.4, -0.2) is 64.7 Å². The van der Waals surface area contributed by atoms with Gasteiger partial charge in [-0.05, 0) is 101 Å². The maximum atomic E-state index is 14.3. The minimum atomic E-state index is -1.09. The number of unbranched alkanes of at least 4 members (excludes halogenated alkanes) is 2. The number of nitrogens with zero attached hydrogens (tertiary/aromatic N) is 1. The largest absolute Gasteiger partial charge is 0.494 e. The molecule has 2 aromatic rings. The Morgan fingerprint density at radius 2 is 1.79 bits per heavy atom. The van der Waals surface area contributed by atoms with E-state index >= 15 is 0 Å². The average Bonchev–Trinajstić information content (AvgIpc) is 3.58. The lowest BCUT2D eigenvalue weighted by molar-refractivity contribution is -0.144. The number of aryl methyl sites for hydroxylation is 2. The minimum absolute atomic E-state index is 0.0764. The molecule has 5 atom stereocenters. The second-order valence-corrected chi connectivity index (χ2v) is 11.9. The van der Waals surface area contributed by atoms with Crippen LogP contribution < -0.4 is 15.4 Å². The van der Waals surface area contributed by atoms with Crippen molar-refractivity contribution in [2.45, 2.75) is 83.5 Å². The quantitative estimate of drug-likeness (QED) is 0.318. The van der Waals surface area contributed by atoms with Gasteiger partial charge in [0.25, 0.3) is 0 Å². The van der Waals surface area contributed by atoms with Gasteiger partial charge in [-0.25, -0.2) is 0 Å². The molecule has 5 rings (SSSR count). The number of hydrogen-bond donors (Lipinski definition) is 3. The van der Waals surface area contributed by atoms with Crippen molar-refractivity contribution in [2.24, 2.45) is 11.8 Å². The van der Waals surface area contributed by atoms with E-state index < -0.39 is 29.1 Å². The van der Waals surface area contributed by atoms with Gasteiger partial charge in [-0.2, -0.15) is 0 Å². The van der Waals surface area contributed by atoms with Gasteiger partial charge in [0.1, 0.15) is 17.4 Å². The van der Waals surface area contributed by atoms with E-state index in [9.17, 15) is 19.5 Å². The Kier molecular flexibility index (Phi) is 8.62. The molecule has 2 aromatic carbocycles. The molecule has 3 saturated heterocycles. The normalized spacial score (nSPS) is 27.7. The molecule has 3 aliphatic heterocycles. The highest BCUT2D eigenvalue weighted by atomic mass is 16.5. The number of aliphatic hydroxyl groups is 1. The highest BCUT2D eigenvalue weighted by Crippen LogP contribution is 2.64. The highest BCUT2D eigenvalue weighted by molar-refractivity contribution is 6.05. The molecule has 0 aliphatic carbocycles. The van der Waals surface area contributed by atoms with Gasteiger partial charge >= 0.3 is 0 Å². The fourth-order valence-electron chi connectivity index (χ4n) is 7.32. The lowest BCUT2D eigenvalue weighted by atomic mass is 9.65. The molecule has 2 unspecified atom stereocenters. The van der Waals surface area contributed by atoms with Crippen LogP contribution >= 0.6 is 0 Å². The topological polar surface area (TPSA) is 117 Å². The molecule has 2 bridgehead atoms. The fourth-order valence-corrected chi connectivity index (χ4v) is 7.32. The summed E-state index contributed by atoms with van der Waals surface area (Å²) in [5, 5.41) is 15.4. The van der Waals surface area contributed by atoms with Crippen LogP contribution in [0, 0.1) is 25.7 Å². The Morgan fingerprint density at radius 3 is 2.48 bits per heavy atom. The zero-order chi connectivity index (χ0) is 30.1. The summed E-state index contributed by atoms with van der Waals surface area (Å²) in [6.07, 6.45) is 3.68. The Hall–Kier alpha value is -3.43. The molecule has 3 amide bonds. The van der Waals surface area contributed by atoms with Gasteiger partial charge in [0.2, 0.25) is 17.7 Å². The molecule has 9 nitrogen and oxygen atoms in total. The van der Waals surface area contributed by atoms with Crippen molar-refractivity contribution in [1.29, 1.82) is 0 Å². The predicted octanol–water partition coefficient (Wildman–Crippen LogP) is 4.60. The van der Waals surface area contributed by atoms with Crippen molar-refractivity contribution < 1.29 is 29.0 Å². The summed E-state index contributed by atoms with van der Waals surface area (Å²) in [6, 6.07) is 12.2. The van der Waals surface area contributed by atoms with Crippen molar-refractivity contribution in [3.63, 3.8) is 0 Å². The Balaban J connectivity index is 1.47. The number of aliphatic hydroxyl groups excluding tert-OH is 1. The number of likely N-dealkylation sites (tertiary alicyclic amines) is 1. The molecule has 3 aliphatic rings. The lowest BCUT2D eigenvalue weighted by Crippen LogP contribution is -2.53. The third-order valence-electron chi connectivity index (χ3n) is 9.35. The molecule has 0 radical (unpaired) electrons. The van der Waals surface area contributed by atoms with E-state index in [0.29, 0.717) is 62.4 Å². The molecule has 0 aromatic heterocycles. The third-order valence-corrected chi connectivity index (χ3v) is 9.35. The minimum Gasteiger partial charge on any atom is -0.494 e. The second kappa shape index (κ2) is 12.1. The SMILES string of the molecule is CCOc1ccc(NC(=O)[C@@H]2[C@H]3C(=O)N(CCCCCO)C(C(=O)Nc4cc(C)ccc4C)C34CC[C@@]2(CC)O4)cc1. The molecule has 3 N–H and O–H groups in total. The number of hydrogen-bond acceptors (Lipinski definition) is 6. The van der Waals surface area contributed by atoms with Gasteiger partial charge in [0.15, 0.2) is 0 Å². The summed E-state index contributed by atoms with van der Waals surface area (Å²) >= 11 is 0. The maximum Gasteiger partial charge on any atom is 0.250 e. The number of nitrogens with one attached hydrogen (secondary N) is 2. The number of benzene rings is 2. The molecule has 3 heterocycles. The summed E-state index contributed by atoms with van der Waals surface area (Å²) in [5.41, 5.74) is 1.35. The number of fused-ring (bicyclic) bond motifs is 1. The van der Waals surface area contributed by atoms with Crippen molar-refractivity contribution in [2.75, 3.05) is 30.4 Å².